The third kappa shape index (κ3) is 6.58. The summed E-state index contributed by atoms with van der Waals surface area (Å²) in [6.45, 7) is 4.17. The Bertz CT molecular complexity index is 1280. The molecule has 0 aliphatic carbocycles. The molecule has 0 N–H and O–H groups in total. The molecular weight excluding hydrogens is 464 g/mol. The molecular formula is C27H36N10+2. The van der Waals surface area contributed by atoms with E-state index in [4.69, 9.17) is 0 Å². The lowest BCUT2D eigenvalue weighted by molar-refractivity contribution is -0.659. The molecule has 0 aliphatic heterocycles. The summed E-state index contributed by atoms with van der Waals surface area (Å²) in [5.74, 6) is 1.41. The van der Waals surface area contributed by atoms with Crippen molar-refractivity contribution in [3.05, 3.63) is 71.3 Å². The van der Waals surface area contributed by atoms with Gasteiger partial charge in [-0.2, -0.15) is 0 Å². The van der Waals surface area contributed by atoms with Crippen molar-refractivity contribution in [1.82, 2.24) is 19.6 Å². The van der Waals surface area contributed by atoms with E-state index in [0.717, 1.165) is 48.2 Å². The van der Waals surface area contributed by atoms with Gasteiger partial charge in [0.15, 0.2) is 0 Å². The lowest BCUT2D eigenvalue weighted by atomic mass is 10.0. The van der Waals surface area contributed by atoms with Crippen molar-refractivity contribution in [3.63, 3.8) is 0 Å². The minimum absolute atomic E-state index is 0.705. The fourth-order valence-corrected chi connectivity index (χ4v) is 4.25. The quantitative estimate of drug-likeness (QED) is 0.170. The van der Waals surface area contributed by atoms with Gasteiger partial charge in [-0.3, -0.25) is 0 Å². The van der Waals surface area contributed by atoms with E-state index in [2.05, 4.69) is 80.9 Å². The largest absolute Gasteiger partial charge is 0.403 e. The maximum atomic E-state index is 4.43. The molecule has 0 amide bonds. The van der Waals surface area contributed by atoms with Gasteiger partial charge in [-0.05, 0) is 84.1 Å². The molecule has 4 rings (SSSR count). The van der Waals surface area contributed by atoms with E-state index in [-0.39, 0.29) is 0 Å². The number of benzene rings is 2. The van der Waals surface area contributed by atoms with Crippen LogP contribution in [0.25, 0.3) is 0 Å². The number of azo groups is 2. The van der Waals surface area contributed by atoms with E-state index in [0.29, 0.717) is 11.9 Å². The first-order chi connectivity index (χ1) is 17.8. The van der Waals surface area contributed by atoms with Gasteiger partial charge >= 0.3 is 11.9 Å². The van der Waals surface area contributed by atoms with Crippen LogP contribution in [0.5, 0.6) is 0 Å². The fraction of sp³-hybridized carbons (Fsp3) is 0.407. The summed E-state index contributed by atoms with van der Waals surface area (Å²) in [6.07, 6.45) is 9.10. The second-order valence-electron chi connectivity index (χ2n) is 9.53. The van der Waals surface area contributed by atoms with Crippen molar-refractivity contribution in [2.24, 2.45) is 48.6 Å². The van der Waals surface area contributed by atoms with Gasteiger partial charge in [0.25, 0.3) is 0 Å². The molecule has 0 atom stereocenters. The number of nitrogens with zero attached hydrogens (tertiary/aromatic N) is 10. The SMILES string of the molecule is Cc1cc(CCCCCc2ccc(N=Nc3n(C)nc[n+]3C)c(C)c2)ccc1N=Nc1n(C)nc[n+]1C. The Hall–Kier alpha value is -4.08. The van der Waals surface area contributed by atoms with Gasteiger partial charge in [-0.25, -0.2) is 9.13 Å². The van der Waals surface area contributed by atoms with Gasteiger partial charge in [0.05, 0.1) is 28.2 Å². The molecule has 0 bridgehead atoms. The predicted octanol–water partition coefficient (Wildman–Crippen LogP) is 5.21. The van der Waals surface area contributed by atoms with Crippen LogP contribution in [0, 0.1) is 13.8 Å². The van der Waals surface area contributed by atoms with Crippen molar-refractivity contribution in [2.75, 3.05) is 0 Å². The molecule has 192 valence electrons. The van der Waals surface area contributed by atoms with Crippen LogP contribution in [0.4, 0.5) is 23.3 Å². The number of rotatable bonds is 10. The highest BCUT2D eigenvalue weighted by Crippen LogP contribution is 2.24. The standard InChI is InChI=1S/C27H36N10/c1-20-16-22(12-14-24(20)30-32-26-34(3)18-28-36(26)5)10-8-7-9-11-23-13-15-25(21(2)17-23)31-33-27-35(4)19-29-37(27)6/h12-19H,7-11H2,1-6H3/q+2. The topological polar surface area (TPSA) is 92.8 Å². The number of hydrogen-bond donors (Lipinski definition) is 0. The first-order valence-corrected chi connectivity index (χ1v) is 12.6. The molecule has 0 saturated carbocycles. The zero-order valence-electron chi connectivity index (χ0n) is 22.6. The first kappa shape index (κ1) is 26.0. The van der Waals surface area contributed by atoms with E-state index < -0.39 is 0 Å². The third-order valence-corrected chi connectivity index (χ3v) is 6.45. The Morgan fingerprint density at radius 1 is 0.649 bits per heavy atom. The minimum Gasteiger partial charge on any atom is -0.225 e. The predicted molar refractivity (Wildman–Crippen MR) is 141 cm³/mol. The second kappa shape index (κ2) is 11.8. The zero-order chi connectivity index (χ0) is 26.4. The fourth-order valence-electron chi connectivity index (χ4n) is 4.25. The van der Waals surface area contributed by atoms with Gasteiger partial charge in [-0.1, -0.05) is 40.9 Å². The summed E-state index contributed by atoms with van der Waals surface area (Å²) in [6, 6.07) is 12.9. The number of unbranched alkanes of at least 4 members (excludes halogenated alkanes) is 2. The Morgan fingerprint density at radius 2 is 1.08 bits per heavy atom. The van der Waals surface area contributed by atoms with Gasteiger partial charge in [0.1, 0.15) is 11.4 Å². The minimum atomic E-state index is 0.705. The van der Waals surface area contributed by atoms with Crippen molar-refractivity contribution < 1.29 is 9.13 Å². The maximum Gasteiger partial charge on any atom is 0.403 e. The lowest BCUT2D eigenvalue weighted by Crippen LogP contribution is -2.25. The maximum absolute atomic E-state index is 4.43. The van der Waals surface area contributed by atoms with Gasteiger partial charge in [0.2, 0.25) is 12.7 Å². The summed E-state index contributed by atoms with van der Waals surface area (Å²) in [4.78, 5) is 0. The number of hydrogen-bond acceptors (Lipinski definition) is 6. The molecule has 37 heavy (non-hydrogen) atoms. The molecule has 0 radical (unpaired) electrons. The molecule has 0 saturated heterocycles. The average molecular weight is 501 g/mol. The summed E-state index contributed by atoms with van der Waals surface area (Å²) < 4.78 is 7.10. The molecule has 2 aromatic heterocycles. The molecule has 0 unspecified atom stereocenters. The van der Waals surface area contributed by atoms with Crippen LogP contribution in [-0.4, -0.2) is 19.6 Å². The van der Waals surface area contributed by atoms with Crippen molar-refractivity contribution >= 4 is 23.3 Å². The lowest BCUT2D eigenvalue weighted by Gasteiger charge is -2.06. The molecule has 0 spiro atoms. The summed E-state index contributed by atoms with van der Waals surface area (Å²) in [5.41, 5.74) is 6.73. The van der Waals surface area contributed by atoms with Gasteiger partial charge in [0, 0.05) is 10.2 Å². The smallest absolute Gasteiger partial charge is 0.225 e. The van der Waals surface area contributed by atoms with Crippen molar-refractivity contribution in [2.45, 2.75) is 46.0 Å². The highest BCUT2D eigenvalue weighted by molar-refractivity contribution is 5.47. The van der Waals surface area contributed by atoms with Crippen molar-refractivity contribution in [3.8, 4) is 0 Å². The van der Waals surface area contributed by atoms with Gasteiger partial charge < -0.3 is 0 Å². The van der Waals surface area contributed by atoms with E-state index in [1.54, 1.807) is 22.0 Å². The Balaban J connectivity index is 1.24. The third-order valence-electron chi connectivity index (χ3n) is 6.45. The van der Waals surface area contributed by atoms with Crippen molar-refractivity contribution in [1.29, 1.82) is 0 Å². The highest BCUT2D eigenvalue weighted by atomic mass is 15.4. The molecule has 2 heterocycles. The average Bonchev–Trinajstić information content (AvgIpc) is 3.37. The van der Waals surface area contributed by atoms with Crippen LogP contribution >= 0.6 is 0 Å². The van der Waals surface area contributed by atoms with Crippen LogP contribution in [0.1, 0.15) is 41.5 Å². The molecule has 10 nitrogen and oxygen atoms in total. The normalized spacial score (nSPS) is 11.8. The molecule has 0 aliphatic rings. The zero-order valence-corrected chi connectivity index (χ0v) is 22.6. The monoisotopic (exact) mass is 500 g/mol. The molecule has 2 aromatic carbocycles. The summed E-state index contributed by atoms with van der Waals surface area (Å²) >= 11 is 0. The van der Waals surface area contributed by atoms with Gasteiger partial charge in [-0.15, -0.1) is 9.36 Å². The first-order valence-electron chi connectivity index (χ1n) is 12.6. The van der Waals surface area contributed by atoms with Crippen LogP contribution in [0.3, 0.4) is 0 Å². The van der Waals surface area contributed by atoms with E-state index >= 15 is 0 Å². The van der Waals surface area contributed by atoms with Crippen LogP contribution in [0.2, 0.25) is 0 Å². The van der Waals surface area contributed by atoms with E-state index in [9.17, 15) is 0 Å². The molecule has 0 fully saturated rings. The Morgan fingerprint density at radius 3 is 1.43 bits per heavy atom. The van der Waals surface area contributed by atoms with Crippen LogP contribution in [-0.2, 0) is 41.0 Å². The van der Waals surface area contributed by atoms with E-state index in [1.165, 1.54) is 17.5 Å². The number of aryl methyl sites for hydroxylation is 8. The Kier molecular flexibility index (Phi) is 8.27. The molecule has 10 heteroatoms. The Labute approximate surface area is 218 Å². The van der Waals surface area contributed by atoms with Crippen LogP contribution in [0.15, 0.2) is 69.5 Å². The highest BCUT2D eigenvalue weighted by Gasteiger charge is 2.13. The van der Waals surface area contributed by atoms with Crippen LogP contribution < -0.4 is 9.13 Å². The second-order valence-corrected chi connectivity index (χ2v) is 9.53. The van der Waals surface area contributed by atoms with E-state index in [1.807, 2.05) is 37.3 Å². The molecule has 4 aromatic rings. The summed E-state index contributed by atoms with van der Waals surface area (Å²) in [7, 11) is 7.53. The summed E-state index contributed by atoms with van der Waals surface area (Å²) in [5, 5.41) is 25.9. The number of aromatic nitrogens is 6.